The molecule has 0 unspecified atom stereocenters. The first-order valence-electron chi connectivity index (χ1n) is 6.65. The van der Waals surface area contributed by atoms with Crippen LogP contribution in [0.25, 0.3) is 0 Å². The van der Waals surface area contributed by atoms with Crippen molar-refractivity contribution < 1.29 is 4.43 Å². The summed E-state index contributed by atoms with van der Waals surface area (Å²) in [4.78, 5) is 13.0. The van der Waals surface area contributed by atoms with E-state index in [1.54, 1.807) is 18.6 Å². The highest BCUT2D eigenvalue weighted by molar-refractivity contribution is 6.49. The molecule has 0 aliphatic heterocycles. The van der Waals surface area contributed by atoms with Crippen LogP contribution in [0.1, 0.15) is 18.2 Å². The van der Waals surface area contributed by atoms with Crippen molar-refractivity contribution in [2.75, 3.05) is 0 Å². The summed E-state index contributed by atoms with van der Waals surface area (Å²) in [6, 6.07) is 6.06. The highest BCUT2D eigenvalue weighted by Crippen LogP contribution is 2.29. The Balaban J connectivity index is 2.37. The molecule has 0 fully saturated rings. The van der Waals surface area contributed by atoms with Gasteiger partial charge in [0.1, 0.15) is 17.1 Å². The topological polar surface area (TPSA) is 47.4 Å². The summed E-state index contributed by atoms with van der Waals surface area (Å²) in [5, 5.41) is 0. The minimum atomic E-state index is -1.16. The van der Waals surface area contributed by atoms with Crippen LogP contribution in [0.4, 0.5) is 5.69 Å². The number of nitrogens with zero attached hydrogens (tertiary/aromatic N) is 3. The van der Waals surface area contributed by atoms with Gasteiger partial charge in [0.05, 0.1) is 11.9 Å². The normalized spacial score (nSPS) is 11.8. The summed E-state index contributed by atoms with van der Waals surface area (Å²) in [7, 11) is -1.16. The average Bonchev–Trinajstić information content (AvgIpc) is 2.42. The summed E-state index contributed by atoms with van der Waals surface area (Å²) in [5.41, 5.74) is 3.63. The van der Waals surface area contributed by atoms with Crippen molar-refractivity contribution in [1.82, 2.24) is 9.97 Å². The summed E-state index contributed by atoms with van der Waals surface area (Å²) in [5.74, 6) is 0.856. The lowest BCUT2D eigenvalue weighted by atomic mass is 10.2. The average molecular weight is 285 g/mol. The van der Waals surface area contributed by atoms with Gasteiger partial charge < -0.3 is 4.43 Å². The molecule has 0 saturated heterocycles. The monoisotopic (exact) mass is 285 g/mol. The molecule has 0 aliphatic carbocycles. The van der Waals surface area contributed by atoms with Crippen LogP contribution in [0, 0.1) is 6.92 Å². The van der Waals surface area contributed by atoms with Gasteiger partial charge in [0, 0.05) is 12.4 Å². The van der Waals surface area contributed by atoms with E-state index in [1.165, 1.54) is 5.56 Å². The van der Waals surface area contributed by atoms with E-state index < -0.39 is 9.04 Å². The van der Waals surface area contributed by atoms with Gasteiger partial charge in [0.2, 0.25) is 9.04 Å². The highest BCUT2D eigenvalue weighted by atomic mass is 28.3. The van der Waals surface area contributed by atoms with Gasteiger partial charge in [-0.1, -0.05) is 6.07 Å². The zero-order chi connectivity index (χ0) is 14.5. The van der Waals surface area contributed by atoms with Gasteiger partial charge in [0.25, 0.3) is 0 Å². The van der Waals surface area contributed by atoms with Gasteiger partial charge in [-0.25, -0.2) is 4.99 Å². The molecule has 0 N–H and O–H groups in total. The molecule has 1 aromatic carbocycles. The number of rotatable bonds is 4. The van der Waals surface area contributed by atoms with Crippen molar-refractivity contribution >= 4 is 20.4 Å². The van der Waals surface area contributed by atoms with Crippen LogP contribution in [0.5, 0.6) is 5.75 Å². The maximum Gasteiger partial charge on any atom is 0.229 e. The van der Waals surface area contributed by atoms with Crippen LogP contribution in [0.3, 0.4) is 0 Å². The number of benzene rings is 1. The van der Waals surface area contributed by atoms with E-state index in [-0.39, 0.29) is 0 Å². The summed E-state index contributed by atoms with van der Waals surface area (Å²) in [6.07, 6.45) is 5.04. The van der Waals surface area contributed by atoms with Gasteiger partial charge >= 0.3 is 0 Å². The summed E-state index contributed by atoms with van der Waals surface area (Å²) >= 11 is 0. The van der Waals surface area contributed by atoms with Crippen molar-refractivity contribution in [2.45, 2.75) is 26.9 Å². The van der Waals surface area contributed by atoms with Crippen LogP contribution in [-0.4, -0.2) is 24.7 Å². The van der Waals surface area contributed by atoms with E-state index in [2.05, 4.69) is 35.0 Å². The molecule has 104 valence electrons. The van der Waals surface area contributed by atoms with Crippen molar-refractivity contribution in [1.29, 1.82) is 0 Å². The molecular weight excluding hydrogens is 266 g/mol. The Kier molecular flexibility index (Phi) is 4.63. The Bertz CT molecular complexity index is 612. The standard InChI is InChI=1S/C15H19N3OSi/c1-11-5-6-13(15(9-11)19-20(3)4)18-12(2)14-10-16-7-8-17-14/h5-10,20H,1-4H3. The Morgan fingerprint density at radius 2 is 2.05 bits per heavy atom. The minimum absolute atomic E-state index is 0.779. The van der Waals surface area contributed by atoms with Gasteiger partial charge in [-0.3, -0.25) is 9.97 Å². The van der Waals surface area contributed by atoms with Crippen LogP contribution in [0.2, 0.25) is 13.1 Å². The SMILES string of the molecule is CC(=Nc1ccc(C)cc1O[SiH](C)C)c1cnccn1. The molecule has 2 rings (SSSR count). The third kappa shape index (κ3) is 3.74. The molecule has 0 bridgehead atoms. The van der Waals surface area contributed by atoms with Crippen LogP contribution in [-0.2, 0) is 0 Å². The second-order valence-corrected chi connectivity index (χ2v) is 7.26. The maximum atomic E-state index is 5.96. The number of hydrogen-bond donors (Lipinski definition) is 0. The largest absolute Gasteiger partial charge is 0.546 e. The predicted octanol–water partition coefficient (Wildman–Crippen LogP) is 3.29. The van der Waals surface area contributed by atoms with E-state index in [4.69, 9.17) is 4.43 Å². The Labute approximate surface area is 121 Å². The molecule has 2 aromatic rings. The number of aliphatic imine (C=N–C) groups is 1. The number of aryl methyl sites for hydroxylation is 1. The van der Waals surface area contributed by atoms with Gasteiger partial charge in [-0.2, -0.15) is 0 Å². The molecule has 1 aromatic heterocycles. The van der Waals surface area contributed by atoms with Crippen molar-refractivity contribution in [3.05, 3.63) is 48.0 Å². The van der Waals surface area contributed by atoms with Gasteiger partial charge in [0.15, 0.2) is 0 Å². The molecule has 0 amide bonds. The van der Waals surface area contributed by atoms with E-state index in [0.717, 1.165) is 22.8 Å². The lowest BCUT2D eigenvalue weighted by Gasteiger charge is -2.13. The molecule has 0 spiro atoms. The predicted molar refractivity (Wildman–Crippen MR) is 84.6 cm³/mol. The minimum Gasteiger partial charge on any atom is -0.546 e. The Hall–Kier alpha value is -2.01. The first-order valence-corrected chi connectivity index (χ1v) is 9.43. The van der Waals surface area contributed by atoms with Crippen molar-refractivity contribution in [2.24, 2.45) is 4.99 Å². The number of aromatic nitrogens is 2. The van der Waals surface area contributed by atoms with Crippen molar-refractivity contribution in [3.8, 4) is 5.75 Å². The fourth-order valence-electron chi connectivity index (χ4n) is 1.79. The van der Waals surface area contributed by atoms with Crippen LogP contribution in [0.15, 0.2) is 41.8 Å². The molecule has 0 atom stereocenters. The third-order valence-electron chi connectivity index (χ3n) is 2.70. The first kappa shape index (κ1) is 14.4. The van der Waals surface area contributed by atoms with Crippen LogP contribution >= 0.6 is 0 Å². The van der Waals surface area contributed by atoms with Crippen LogP contribution < -0.4 is 4.43 Å². The summed E-state index contributed by atoms with van der Waals surface area (Å²) in [6.45, 7) is 8.27. The third-order valence-corrected chi connectivity index (χ3v) is 3.43. The highest BCUT2D eigenvalue weighted by Gasteiger charge is 2.07. The lowest BCUT2D eigenvalue weighted by molar-refractivity contribution is 0.581. The van der Waals surface area contributed by atoms with E-state index in [1.807, 2.05) is 25.1 Å². The smallest absolute Gasteiger partial charge is 0.229 e. The molecule has 1 heterocycles. The molecule has 5 heteroatoms. The zero-order valence-corrected chi connectivity index (χ0v) is 13.4. The van der Waals surface area contributed by atoms with Crippen molar-refractivity contribution in [3.63, 3.8) is 0 Å². The molecular formula is C15H19N3OSi. The van der Waals surface area contributed by atoms with Gasteiger partial charge in [-0.15, -0.1) is 0 Å². The van der Waals surface area contributed by atoms with E-state index in [9.17, 15) is 0 Å². The summed E-state index contributed by atoms with van der Waals surface area (Å²) < 4.78 is 5.96. The molecule has 0 aliphatic rings. The maximum absolute atomic E-state index is 5.96. The fraction of sp³-hybridized carbons (Fsp3) is 0.267. The van der Waals surface area contributed by atoms with E-state index in [0.29, 0.717) is 0 Å². The quantitative estimate of drug-likeness (QED) is 0.639. The molecule has 0 saturated carbocycles. The van der Waals surface area contributed by atoms with E-state index >= 15 is 0 Å². The molecule has 0 radical (unpaired) electrons. The first-order chi connectivity index (χ1) is 9.56. The molecule has 20 heavy (non-hydrogen) atoms. The Morgan fingerprint density at radius 1 is 1.25 bits per heavy atom. The second-order valence-electron chi connectivity index (χ2n) is 4.93. The van der Waals surface area contributed by atoms with Gasteiger partial charge in [-0.05, 0) is 44.6 Å². The second kappa shape index (κ2) is 6.43. The Morgan fingerprint density at radius 3 is 2.70 bits per heavy atom. The molecule has 4 nitrogen and oxygen atoms in total. The number of hydrogen-bond acceptors (Lipinski definition) is 4. The lowest BCUT2D eigenvalue weighted by Crippen LogP contribution is -2.11. The fourth-order valence-corrected chi connectivity index (χ4v) is 2.48. The zero-order valence-electron chi connectivity index (χ0n) is 12.3.